The zero-order chi connectivity index (χ0) is 14.1. The largest absolute Gasteiger partial charge is 0.377 e. The van der Waals surface area contributed by atoms with Crippen LogP contribution < -0.4 is 5.32 Å². The van der Waals surface area contributed by atoms with E-state index in [2.05, 4.69) is 57.3 Å². The van der Waals surface area contributed by atoms with E-state index in [0.29, 0.717) is 12.1 Å². The van der Waals surface area contributed by atoms with Gasteiger partial charge in [0, 0.05) is 12.6 Å². The van der Waals surface area contributed by atoms with Gasteiger partial charge in [-0.05, 0) is 45.2 Å². The lowest BCUT2D eigenvalue weighted by atomic mass is 9.98. The van der Waals surface area contributed by atoms with Crippen LogP contribution in [-0.2, 0) is 11.2 Å². The molecule has 1 N–H and O–H groups in total. The molecule has 0 bridgehead atoms. The van der Waals surface area contributed by atoms with Gasteiger partial charge in [-0.1, -0.05) is 43.7 Å². The first-order chi connectivity index (χ1) is 9.21. The first-order valence-corrected chi connectivity index (χ1v) is 7.61. The first-order valence-electron chi connectivity index (χ1n) is 7.61. The predicted molar refractivity (Wildman–Crippen MR) is 82.7 cm³/mol. The molecule has 1 aromatic carbocycles. The second-order valence-corrected chi connectivity index (χ2v) is 5.15. The Kier molecular flexibility index (Phi) is 7.76. The molecule has 0 radical (unpaired) electrons. The molecular formula is C17H29NO. The second-order valence-electron chi connectivity index (χ2n) is 5.15. The summed E-state index contributed by atoms with van der Waals surface area (Å²) >= 11 is 0. The van der Waals surface area contributed by atoms with E-state index in [1.54, 1.807) is 0 Å². The van der Waals surface area contributed by atoms with Crippen LogP contribution in [-0.4, -0.2) is 25.3 Å². The van der Waals surface area contributed by atoms with E-state index in [1.165, 1.54) is 11.1 Å². The fourth-order valence-corrected chi connectivity index (χ4v) is 2.38. The Labute approximate surface area is 118 Å². The molecule has 2 heteroatoms. The third-order valence-corrected chi connectivity index (χ3v) is 3.46. The number of hydrogen-bond donors (Lipinski definition) is 1. The molecule has 1 aromatic rings. The lowest BCUT2D eigenvalue weighted by Crippen LogP contribution is -2.43. The average Bonchev–Trinajstić information content (AvgIpc) is 2.43. The van der Waals surface area contributed by atoms with E-state index >= 15 is 0 Å². The third kappa shape index (κ3) is 5.75. The van der Waals surface area contributed by atoms with Crippen molar-refractivity contribution in [3.63, 3.8) is 0 Å². The molecule has 2 unspecified atom stereocenters. The number of aryl methyl sites for hydroxylation is 1. The minimum absolute atomic E-state index is 0.304. The van der Waals surface area contributed by atoms with E-state index in [4.69, 9.17) is 4.74 Å². The van der Waals surface area contributed by atoms with Gasteiger partial charge in [0.05, 0.1) is 6.10 Å². The summed E-state index contributed by atoms with van der Waals surface area (Å²) in [5.41, 5.74) is 2.70. The highest BCUT2D eigenvalue weighted by Crippen LogP contribution is 2.12. The third-order valence-electron chi connectivity index (χ3n) is 3.46. The zero-order valence-electron chi connectivity index (χ0n) is 12.9. The second kappa shape index (κ2) is 9.11. The van der Waals surface area contributed by atoms with Crippen LogP contribution in [0.15, 0.2) is 24.3 Å². The highest BCUT2D eigenvalue weighted by atomic mass is 16.5. The summed E-state index contributed by atoms with van der Waals surface area (Å²) in [4.78, 5) is 0. The quantitative estimate of drug-likeness (QED) is 0.733. The lowest BCUT2D eigenvalue weighted by molar-refractivity contribution is 0.0320. The Hall–Kier alpha value is -0.860. The van der Waals surface area contributed by atoms with Crippen molar-refractivity contribution in [2.24, 2.45) is 0 Å². The van der Waals surface area contributed by atoms with Crippen molar-refractivity contribution in [2.45, 2.75) is 59.1 Å². The van der Waals surface area contributed by atoms with Crippen molar-refractivity contribution in [2.75, 3.05) is 13.2 Å². The van der Waals surface area contributed by atoms with Gasteiger partial charge < -0.3 is 10.1 Å². The van der Waals surface area contributed by atoms with Crippen LogP contribution in [0.5, 0.6) is 0 Å². The Balaban J connectivity index is 2.69. The number of benzene rings is 1. The summed E-state index contributed by atoms with van der Waals surface area (Å²) in [6.45, 7) is 10.5. The fraction of sp³-hybridized carbons (Fsp3) is 0.647. The van der Waals surface area contributed by atoms with Crippen LogP contribution in [0.2, 0.25) is 0 Å². The molecule has 1 rings (SSSR count). The van der Waals surface area contributed by atoms with E-state index in [9.17, 15) is 0 Å². The van der Waals surface area contributed by atoms with Gasteiger partial charge in [0.15, 0.2) is 0 Å². The highest BCUT2D eigenvalue weighted by molar-refractivity contribution is 5.22. The summed E-state index contributed by atoms with van der Waals surface area (Å²) in [5.74, 6) is 0. The average molecular weight is 263 g/mol. The summed E-state index contributed by atoms with van der Waals surface area (Å²) in [6, 6.07) is 9.25. The fourth-order valence-electron chi connectivity index (χ4n) is 2.38. The Morgan fingerprint density at radius 3 is 2.32 bits per heavy atom. The number of hydrogen-bond acceptors (Lipinski definition) is 2. The van der Waals surface area contributed by atoms with Gasteiger partial charge in [-0.15, -0.1) is 0 Å². The summed E-state index contributed by atoms with van der Waals surface area (Å²) in [7, 11) is 0. The number of ether oxygens (including phenoxy) is 1. The maximum atomic E-state index is 5.88. The van der Waals surface area contributed by atoms with Crippen LogP contribution >= 0.6 is 0 Å². The summed E-state index contributed by atoms with van der Waals surface area (Å²) in [5, 5.41) is 3.64. The van der Waals surface area contributed by atoms with Crippen LogP contribution in [0.4, 0.5) is 0 Å². The smallest absolute Gasteiger partial charge is 0.0728 e. The molecule has 0 spiro atoms. The highest BCUT2D eigenvalue weighted by Gasteiger charge is 2.19. The van der Waals surface area contributed by atoms with Gasteiger partial charge in [0.2, 0.25) is 0 Å². The molecule has 2 atom stereocenters. The molecule has 2 nitrogen and oxygen atoms in total. The van der Waals surface area contributed by atoms with Gasteiger partial charge in [-0.2, -0.15) is 0 Å². The van der Waals surface area contributed by atoms with Crippen molar-refractivity contribution in [1.29, 1.82) is 0 Å². The standard InChI is InChI=1S/C17H29NO/c1-5-12-18-16(17(6-2)19-7-3)13-15-10-8-14(4)9-11-15/h8-11,16-18H,5-7,12-13H2,1-4H3. The molecule has 108 valence electrons. The molecule has 0 aromatic heterocycles. The van der Waals surface area contributed by atoms with Gasteiger partial charge in [-0.3, -0.25) is 0 Å². The van der Waals surface area contributed by atoms with Crippen LogP contribution in [0, 0.1) is 6.92 Å². The topological polar surface area (TPSA) is 21.3 Å². The van der Waals surface area contributed by atoms with E-state index in [-0.39, 0.29) is 0 Å². The van der Waals surface area contributed by atoms with Crippen molar-refractivity contribution in [3.05, 3.63) is 35.4 Å². The summed E-state index contributed by atoms with van der Waals surface area (Å²) < 4.78 is 5.88. The summed E-state index contributed by atoms with van der Waals surface area (Å²) in [6.07, 6.45) is 3.56. The molecule has 0 saturated carbocycles. The van der Waals surface area contributed by atoms with Crippen molar-refractivity contribution < 1.29 is 4.74 Å². The van der Waals surface area contributed by atoms with Crippen LogP contribution in [0.3, 0.4) is 0 Å². The normalized spacial score (nSPS) is 14.3. The predicted octanol–water partition coefficient (Wildman–Crippen LogP) is 3.72. The first kappa shape index (κ1) is 16.2. The molecule has 0 amide bonds. The zero-order valence-corrected chi connectivity index (χ0v) is 12.9. The van der Waals surface area contributed by atoms with Gasteiger partial charge in [0.25, 0.3) is 0 Å². The van der Waals surface area contributed by atoms with Crippen molar-refractivity contribution in [3.8, 4) is 0 Å². The van der Waals surface area contributed by atoms with E-state index in [1.807, 2.05) is 0 Å². The van der Waals surface area contributed by atoms with E-state index < -0.39 is 0 Å². The Bertz CT molecular complexity index is 334. The number of rotatable bonds is 9. The van der Waals surface area contributed by atoms with Gasteiger partial charge in [-0.25, -0.2) is 0 Å². The van der Waals surface area contributed by atoms with Crippen molar-refractivity contribution >= 4 is 0 Å². The molecule has 0 aliphatic rings. The minimum Gasteiger partial charge on any atom is -0.377 e. The Morgan fingerprint density at radius 2 is 1.79 bits per heavy atom. The number of nitrogens with one attached hydrogen (secondary N) is 1. The van der Waals surface area contributed by atoms with E-state index in [0.717, 1.165) is 32.4 Å². The molecule has 0 saturated heterocycles. The van der Waals surface area contributed by atoms with Crippen molar-refractivity contribution in [1.82, 2.24) is 5.32 Å². The van der Waals surface area contributed by atoms with Crippen LogP contribution in [0.25, 0.3) is 0 Å². The molecule has 0 aliphatic heterocycles. The molecule has 0 aliphatic carbocycles. The van der Waals surface area contributed by atoms with Gasteiger partial charge in [0.1, 0.15) is 0 Å². The SMILES string of the molecule is CCCNC(Cc1ccc(C)cc1)C(CC)OCC. The van der Waals surface area contributed by atoms with Gasteiger partial charge >= 0.3 is 0 Å². The van der Waals surface area contributed by atoms with Crippen LogP contribution in [0.1, 0.15) is 44.7 Å². The lowest BCUT2D eigenvalue weighted by Gasteiger charge is -2.27. The molecule has 0 heterocycles. The maximum Gasteiger partial charge on any atom is 0.0728 e. The molecule has 19 heavy (non-hydrogen) atoms. The monoisotopic (exact) mass is 263 g/mol. The molecular weight excluding hydrogens is 234 g/mol. The molecule has 0 fully saturated rings. The Morgan fingerprint density at radius 1 is 1.11 bits per heavy atom. The minimum atomic E-state index is 0.304. The maximum absolute atomic E-state index is 5.88.